The molecule has 0 amide bonds. The summed E-state index contributed by atoms with van der Waals surface area (Å²) >= 11 is 12.4. The van der Waals surface area contributed by atoms with E-state index in [1.807, 2.05) is 9.62 Å². The van der Waals surface area contributed by atoms with Gasteiger partial charge in [-0.3, -0.25) is 4.72 Å². The average Bonchev–Trinajstić information content (AvgIpc) is 2.84. The maximum Gasteiger partial charge on any atom is 0.267 e. The third-order valence-electron chi connectivity index (χ3n) is 5.82. The number of benzene rings is 1. The van der Waals surface area contributed by atoms with E-state index < -0.39 is 26.7 Å². The van der Waals surface area contributed by atoms with Crippen molar-refractivity contribution in [1.82, 2.24) is 9.88 Å². The molecule has 0 atom stereocenters. The van der Waals surface area contributed by atoms with Crippen LogP contribution in [0.25, 0.3) is 0 Å². The van der Waals surface area contributed by atoms with Crippen LogP contribution in [0.1, 0.15) is 19.3 Å². The summed E-state index contributed by atoms with van der Waals surface area (Å²) in [7, 11) is -2.38. The molecule has 31 heavy (non-hydrogen) atoms. The second-order valence-corrected chi connectivity index (χ2v) is 10.7. The van der Waals surface area contributed by atoms with Crippen molar-refractivity contribution in [3.63, 3.8) is 0 Å². The van der Waals surface area contributed by atoms with Gasteiger partial charge in [0.05, 0.1) is 10.7 Å². The molecule has 168 valence electrons. The molecule has 0 saturated carbocycles. The molecule has 2 aromatic rings. The van der Waals surface area contributed by atoms with Gasteiger partial charge in [0, 0.05) is 25.0 Å². The number of rotatable bonds is 4. The maximum absolute atomic E-state index is 15.1. The fraction of sp³-hybridized carbons (Fsp3) is 0.450. The largest absolute Gasteiger partial charge is 0.369 e. The van der Waals surface area contributed by atoms with Crippen LogP contribution >= 0.6 is 23.2 Å². The third kappa shape index (κ3) is 4.46. The van der Waals surface area contributed by atoms with E-state index in [4.69, 9.17) is 23.2 Å². The summed E-state index contributed by atoms with van der Waals surface area (Å²) in [6.45, 7) is 3.41. The number of hydrogen-bond acceptors (Lipinski definition) is 5. The summed E-state index contributed by atoms with van der Waals surface area (Å²) in [5.41, 5.74) is 0.483. The highest BCUT2D eigenvalue weighted by Gasteiger charge is 2.45. The number of anilines is 2. The Morgan fingerprint density at radius 3 is 2.61 bits per heavy atom. The number of sulfonamides is 1. The smallest absolute Gasteiger partial charge is 0.267 e. The van der Waals surface area contributed by atoms with Gasteiger partial charge in [0.1, 0.15) is 15.7 Å². The van der Waals surface area contributed by atoms with Crippen LogP contribution in [0, 0.1) is 17.2 Å². The highest BCUT2D eigenvalue weighted by atomic mass is 35.5. The molecule has 11 heteroatoms. The molecule has 1 aromatic carbocycles. The molecule has 0 aliphatic carbocycles. The number of hydrogen-bond donors (Lipinski definition) is 1. The second kappa shape index (κ2) is 8.35. The van der Waals surface area contributed by atoms with E-state index in [9.17, 15) is 12.8 Å². The number of nitrogens with one attached hydrogen (secondary N) is 1. The van der Waals surface area contributed by atoms with Crippen LogP contribution in [0.15, 0.2) is 29.2 Å². The van der Waals surface area contributed by atoms with Crippen molar-refractivity contribution in [2.75, 3.05) is 42.8 Å². The number of nitrogens with zero attached hydrogens (tertiary/aromatic N) is 3. The summed E-state index contributed by atoms with van der Waals surface area (Å²) < 4.78 is 55.9. The molecule has 3 heterocycles. The van der Waals surface area contributed by atoms with Gasteiger partial charge < -0.3 is 9.80 Å². The zero-order valence-electron chi connectivity index (χ0n) is 16.8. The van der Waals surface area contributed by atoms with E-state index in [1.54, 1.807) is 0 Å². The Morgan fingerprint density at radius 2 is 1.90 bits per heavy atom. The fourth-order valence-electron chi connectivity index (χ4n) is 4.50. The molecular weight excluding hydrogens is 469 g/mol. The third-order valence-corrected chi connectivity index (χ3v) is 8.00. The van der Waals surface area contributed by atoms with Gasteiger partial charge in [-0.1, -0.05) is 35.7 Å². The van der Waals surface area contributed by atoms with E-state index in [2.05, 4.69) is 16.9 Å². The minimum absolute atomic E-state index is 0.118. The number of likely N-dealkylation sites (tertiary alicyclic amines) is 1. The summed E-state index contributed by atoms with van der Waals surface area (Å²) in [6, 6.07) is 4.95. The van der Waals surface area contributed by atoms with E-state index >= 15 is 4.39 Å². The Balaban J connectivity index is 1.60. The maximum atomic E-state index is 15.1. The molecule has 2 saturated heterocycles. The minimum atomic E-state index is -4.48. The lowest BCUT2D eigenvalue weighted by atomic mass is 9.75. The first kappa shape index (κ1) is 22.5. The topological polar surface area (TPSA) is 65.5 Å². The van der Waals surface area contributed by atoms with Crippen LogP contribution in [-0.2, 0) is 10.0 Å². The highest BCUT2D eigenvalue weighted by Crippen LogP contribution is 2.45. The van der Waals surface area contributed by atoms with Crippen molar-refractivity contribution in [2.45, 2.75) is 24.2 Å². The zero-order valence-corrected chi connectivity index (χ0v) is 19.2. The Hall–Kier alpha value is -1.68. The molecule has 6 nitrogen and oxygen atoms in total. The van der Waals surface area contributed by atoms with Crippen molar-refractivity contribution in [3.8, 4) is 0 Å². The normalized spacial score (nSPS) is 19.2. The van der Waals surface area contributed by atoms with Crippen molar-refractivity contribution >= 4 is 44.7 Å². The highest BCUT2D eigenvalue weighted by molar-refractivity contribution is 7.92. The Labute approximate surface area is 190 Å². The number of pyridine rings is 1. The lowest BCUT2D eigenvalue weighted by Gasteiger charge is -2.52. The Morgan fingerprint density at radius 1 is 1.16 bits per heavy atom. The molecule has 1 aromatic heterocycles. The monoisotopic (exact) mass is 490 g/mol. The molecule has 0 unspecified atom stereocenters. The Bertz CT molecular complexity index is 1110. The van der Waals surface area contributed by atoms with E-state index in [-0.39, 0.29) is 21.3 Å². The van der Waals surface area contributed by atoms with Gasteiger partial charge in [0.25, 0.3) is 10.0 Å². The predicted octanol–water partition coefficient (Wildman–Crippen LogP) is 4.39. The van der Waals surface area contributed by atoms with Crippen molar-refractivity contribution < 1.29 is 17.2 Å². The lowest BCUT2D eigenvalue weighted by molar-refractivity contribution is 0.142. The molecule has 1 spiro atoms. The summed E-state index contributed by atoms with van der Waals surface area (Å²) in [5.74, 6) is -2.32. The predicted molar refractivity (Wildman–Crippen MR) is 117 cm³/mol. The van der Waals surface area contributed by atoms with Crippen molar-refractivity contribution in [3.05, 3.63) is 46.1 Å². The first-order valence-electron chi connectivity index (χ1n) is 9.87. The minimum Gasteiger partial charge on any atom is -0.369 e. The van der Waals surface area contributed by atoms with E-state index in [0.717, 1.165) is 38.4 Å². The van der Waals surface area contributed by atoms with Crippen LogP contribution in [0.5, 0.6) is 0 Å². The average molecular weight is 491 g/mol. The first-order chi connectivity index (χ1) is 14.6. The quantitative estimate of drug-likeness (QED) is 0.508. The number of halogens is 4. The van der Waals surface area contributed by atoms with E-state index in [1.165, 1.54) is 18.2 Å². The number of aromatic nitrogens is 1. The molecule has 2 aliphatic rings. The van der Waals surface area contributed by atoms with Crippen LogP contribution in [-0.4, -0.2) is 51.5 Å². The van der Waals surface area contributed by atoms with Crippen LogP contribution < -0.4 is 9.62 Å². The van der Waals surface area contributed by atoms with Crippen molar-refractivity contribution in [1.29, 1.82) is 0 Å². The second-order valence-electron chi connectivity index (χ2n) is 8.34. The zero-order chi connectivity index (χ0) is 22.4. The van der Waals surface area contributed by atoms with Gasteiger partial charge in [-0.05, 0) is 44.6 Å². The lowest BCUT2D eigenvalue weighted by Crippen LogP contribution is -2.60. The van der Waals surface area contributed by atoms with Gasteiger partial charge in [-0.25, -0.2) is 17.8 Å². The Kier molecular flexibility index (Phi) is 6.06. The van der Waals surface area contributed by atoms with Crippen LogP contribution in [0.2, 0.25) is 10.0 Å². The molecule has 4 rings (SSSR count). The molecule has 2 fully saturated rings. The van der Waals surface area contributed by atoms with Crippen LogP contribution in [0.3, 0.4) is 0 Å². The summed E-state index contributed by atoms with van der Waals surface area (Å²) in [5, 5.41) is -0.617. The molecule has 2 aliphatic heterocycles. The summed E-state index contributed by atoms with van der Waals surface area (Å²) in [6.07, 6.45) is 3.37. The van der Waals surface area contributed by atoms with Gasteiger partial charge in [0.15, 0.2) is 5.82 Å². The summed E-state index contributed by atoms with van der Waals surface area (Å²) in [4.78, 5) is 6.87. The van der Waals surface area contributed by atoms with Gasteiger partial charge in [-0.15, -0.1) is 0 Å². The molecule has 0 bridgehead atoms. The fourth-order valence-corrected chi connectivity index (χ4v) is 6.46. The standard InChI is InChI=1S/C20H22Cl2F2N4O2S/c1-27-8-3-2-7-20(10-27)11-28(12-20)14-9-13(21)19(18(24)17(14)22)31(29,30)26-16-6-4-5-15(23)25-16/h4-6,9H,2-3,7-8,10-12H2,1H3,(H,25,26). The molecular formula is C20H22Cl2F2N4O2S. The molecule has 1 N–H and O–H groups in total. The van der Waals surface area contributed by atoms with Crippen molar-refractivity contribution in [2.24, 2.45) is 5.41 Å². The van der Waals surface area contributed by atoms with E-state index in [0.29, 0.717) is 18.8 Å². The SMILES string of the molecule is CN1CCCCC2(C1)CN(c1cc(Cl)c(S(=O)(=O)Nc3cccc(F)n3)c(F)c1Cl)C2. The van der Waals surface area contributed by atoms with Gasteiger partial charge in [-0.2, -0.15) is 4.39 Å². The molecule has 0 radical (unpaired) electrons. The van der Waals surface area contributed by atoms with Crippen LogP contribution in [0.4, 0.5) is 20.3 Å². The van der Waals surface area contributed by atoms with Gasteiger partial charge >= 0.3 is 0 Å². The van der Waals surface area contributed by atoms with Gasteiger partial charge in [0.2, 0.25) is 5.95 Å². The first-order valence-corrected chi connectivity index (χ1v) is 12.1.